The van der Waals surface area contributed by atoms with Crippen LogP contribution in [0.15, 0.2) is 0 Å². The summed E-state index contributed by atoms with van der Waals surface area (Å²) >= 11 is 1.71. The SMILES string of the molecule is [3H]N(I)B(B(B(B([B])[B])B([B])[B])B(B([B])[B])B([B])[B])B(B(B([B])[B])B([B])[B])B(B([B])[B])B([B])[B][B]. The van der Waals surface area contributed by atoms with Crippen LogP contribution in [0.5, 0.6) is 0 Å². The molecule has 0 aliphatic rings. The normalized spacial score (nSPS) is 10.1. The summed E-state index contributed by atoms with van der Waals surface area (Å²) in [5.41, 5.74) is 0. The number of rotatable bonds is 16. The molecule has 0 atom stereocenters. The molecule has 0 aromatic carbocycles. The van der Waals surface area contributed by atoms with Gasteiger partial charge in [-0.3, -0.25) is 0 Å². The van der Waals surface area contributed by atoms with Crippen molar-refractivity contribution in [2.24, 2.45) is 0 Å². The molecule has 1 N–H and O–H groups in total. The monoisotopic (exact) mass is 496 g/mol. The fourth-order valence-electron chi connectivity index (χ4n) is 5.02. The van der Waals surface area contributed by atoms with Gasteiger partial charge in [-0.25, -0.2) is 0 Å². The van der Waals surface area contributed by atoms with Crippen LogP contribution in [0.25, 0.3) is 0 Å². The fraction of sp³-hybridized carbons (Fsp3) is 0. The Kier molecular flexibility index (Phi) is 17.9. The zero-order valence-electron chi connectivity index (χ0n) is 20.3. The van der Waals surface area contributed by atoms with Crippen LogP contribution in [0.1, 0.15) is 0 Å². The summed E-state index contributed by atoms with van der Waals surface area (Å²) < 4.78 is 9.76. The van der Waals surface area contributed by atoms with E-state index in [1.165, 1.54) is 7.06 Å². The fourth-order valence-corrected chi connectivity index (χ4v) is 5.76. The molecule has 0 aromatic heterocycles. The van der Waals surface area contributed by atoms with Gasteiger partial charge in [0.25, 0.3) is 0 Å². The highest BCUT2D eigenvalue weighted by Crippen LogP contribution is 2.14. The van der Waals surface area contributed by atoms with Crippen LogP contribution in [-0.4, -0.2) is 227 Å². The van der Waals surface area contributed by atoms with Crippen LogP contribution < -0.4 is 3.43 Å². The van der Waals surface area contributed by atoms with Crippen LogP contribution in [0.3, 0.4) is 0 Å². The molecule has 109 valence electrons. The van der Waals surface area contributed by atoms with Gasteiger partial charge in [0.05, 0.1) is 0 Å². The zero-order chi connectivity index (χ0) is 27.9. The lowest BCUT2D eigenvalue weighted by atomic mass is 8.35. The Morgan fingerprint density at radius 3 is 0.882 bits per heavy atom. The van der Waals surface area contributed by atoms with Crippen LogP contribution in [-0.2, 0) is 0 Å². The van der Waals surface area contributed by atoms with Crippen molar-refractivity contribution in [3.05, 3.63) is 0 Å². The minimum Gasteiger partial charge on any atom is -0.319 e. The molecule has 0 aliphatic carbocycles. The molecule has 0 fully saturated rings. The van der Waals surface area contributed by atoms with E-state index in [9.17, 15) is 0 Å². The number of hydrogen-bond acceptors (Lipinski definition) is 1. The second-order valence-corrected chi connectivity index (χ2v) is 9.42. The van der Waals surface area contributed by atoms with E-state index in [2.05, 4.69) is 0 Å². The number of hydrogen-bond donors (Lipinski definition) is 1. The Bertz CT molecular complexity index is 510. The molecule has 0 aliphatic heterocycles. The lowest BCUT2D eigenvalue weighted by molar-refractivity contribution is 1.79. The molecule has 0 rings (SSSR count). The van der Waals surface area contributed by atoms with Crippen LogP contribution in [0.4, 0.5) is 0 Å². The summed E-state index contributed by atoms with van der Waals surface area (Å²) in [6, 6.07) is 0. The minimum absolute atomic E-state index is 0.878. The Hall–Kier alpha value is 2.77. The molecule has 0 saturated carbocycles. The average Bonchev–Trinajstić information content (AvgIpc) is 2.65. The van der Waals surface area contributed by atoms with Crippen molar-refractivity contribution >= 4 is 250 Å². The summed E-state index contributed by atoms with van der Waals surface area (Å²) in [6.07, 6.45) is -14.2. The molecule has 0 amide bonds. The van der Waals surface area contributed by atoms with Crippen LogP contribution >= 0.6 is 22.9 Å². The van der Waals surface area contributed by atoms with Crippen LogP contribution in [0.2, 0.25) is 1.41 Å². The summed E-state index contributed by atoms with van der Waals surface area (Å²) in [5.74, 6) is 0. The van der Waals surface area contributed by atoms with Gasteiger partial charge in [-0.05, 0) is 0 Å². The number of halogens is 1. The highest BCUT2D eigenvalue weighted by molar-refractivity contribution is 14.1. The first kappa shape index (κ1) is 34.8. The third-order valence-electron chi connectivity index (χ3n) is 6.46. The van der Waals surface area contributed by atoms with E-state index >= 15 is 0 Å². The Balaban J connectivity index is 7.56. The maximum absolute atomic E-state index is 8.72. The van der Waals surface area contributed by atoms with Crippen molar-refractivity contribution in [1.29, 1.82) is 0 Å². The highest BCUT2D eigenvalue weighted by Gasteiger charge is 2.54. The summed E-state index contributed by atoms with van der Waals surface area (Å²) in [6.45, 7) is -1.03. The van der Waals surface area contributed by atoms with Gasteiger partial charge in [-0.15, -0.1) is 0 Å². The maximum atomic E-state index is 8.72. The highest BCUT2D eigenvalue weighted by atomic mass is 127. The van der Waals surface area contributed by atoms with E-state index < -0.39 is 96.0 Å². The molecule has 34 heavy (non-hydrogen) atoms. The largest absolute Gasteiger partial charge is 0.319 e. The predicted octanol–water partition coefficient (Wildman–Crippen LogP) is -11.8. The van der Waals surface area contributed by atoms with E-state index in [1.807, 2.05) is 0 Å². The first-order valence-corrected chi connectivity index (χ1v) is 11.7. The number of nitrogens with one attached hydrogen (secondary N) is 1. The second-order valence-electron chi connectivity index (χ2n) is 8.86. The lowest BCUT2D eigenvalue weighted by Crippen LogP contribution is -2.89. The molecular formula is HB32IN. The maximum Gasteiger partial charge on any atom is 0.129 e. The van der Waals surface area contributed by atoms with Gasteiger partial charge in [0.1, 0.15) is 8.04 Å². The standard InChI is InChI=1S/B32HIN/c1-17-25(16)29(24(14)15)31(28(22(10)11)23(12)13)32(34-33)30(26(18(2)3)19(4)5)27(20(6)7)21(8)9/h34H/i/hT. The predicted molar refractivity (Wildman–Crippen MR) is 201 cm³/mol. The van der Waals surface area contributed by atoms with Crippen molar-refractivity contribution in [2.75, 3.05) is 0 Å². The summed E-state index contributed by atoms with van der Waals surface area (Å²) in [5, 5.41) is 0. The van der Waals surface area contributed by atoms with Crippen molar-refractivity contribution in [1.82, 2.24) is 3.43 Å². The topological polar surface area (TPSA) is 12.0 Å². The van der Waals surface area contributed by atoms with Gasteiger partial charge >= 0.3 is 0 Å². The van der Waals surface area contributed by atoms with Gasteiger partial charge in [0.2, 0.25) is 0 Å². The van der Waals surface area contributed by atoms with E-state index in [4.69, 9.17) is 125 Å². The van der Waals surface area contributed by atoms with Gasteiger partial charge < -0.3 is 3.43 Å². The molecule has 33 radical (unpaired) electrons. The van der Waals surface area contributed by atoms with Crippen molar-refractivity contribution in [2.45, 2.75) is 0 Å². The van der Waals surface area contributed by atoms with E-state index in [1.54, 1.807) is 22.9 Å². The van der Waals surface area contributed by atoms with E-state index in [0.717, 1.165) is 3.43 Å². The Morgan fingerprint density at radius 2 is 0.706 bits per heavy atom. The molecule has 0 aromatic rings. The Morgan fingerprint density at radius 1 is 0.471 bits per heavy atom. The molecule has 0 saturated heterocycles. The molecule has 0 heterocycles. The molecule has 0 unspecified atom stereocenters. The smallest absolute Gasteiger partial charge is 0.129 e. The first-order chi connectivity index (χ1) is 15.9. The quantitative estimate of drug-likeness (QED) is 0.129. The summed E-state index contributed by atoms with van der Waals surface area (Å²) in [4.78, 5) is 0. The zero-order valence-corrected chi connectivity index (χ0v) is 21.5. The minimum atomic E-state index is -1.12. The molecule has 34 heteroatoms. The van der Waals surface area contributed by atoms with Gasteiger partial charge in [-0.2, -0.15) is 0 Å². The van der Waals surface area contributed by atoms with Crippen molar-refractivity contribution < 1.29 is 1.41 Å². The third kappa shape index (κ3) is 10.1. The van der Waals surface area contributed by atoms with Gasteiger partial charge in [0, 0.05) is 243 Å². The lowest BCUT2D eigenvalue weighted by Gasteiger charge is -2.49. The van der Waals surface area contributed by atoms with Crippen molar-refractivity contribution in [3.8, 4) is 0 Å². The van der Waals surface area contributed by atoms with Gasteiger partial charge in [0.15, 0.2) is 0 Å². The van der Waals surface area contributed by atoms with Crippen LogP contribution in [0, 0.1) is 0 Å². The Labute approximate surface area is 252 Å². The van der Waals surface area contributed by atoms with E-state index in [0.29, 0.717) is 0 Å². The molecule has 0 spiro atoms. The molecular weight excluding hydrogens is 487 g/mol. The molecule has 1 nitrogen and oxygen atoms in total. The van der Waals surface area contributed by atoms with Crippen molar-refractivity contribution in [3.63, 3.8) is 0 Å². The summed E-state index contributed by atoms with van der Waals surface area (Å²) in [7, 11) is 98.9. The third-order valence-corrected chi connectivity index (χ3v) is 7.10. The first-order valence-electron chi connectivity index (χ1n) is 11.2. The van der Waals surface area contributed by atoms with Gasteiger partial charge in [-0.1, -0.05) is 0 Å². The second kappa shape index (κ2) is 17.5. The van der Waals surface area contributed by atoms with E-state index in [-0.39, 0.29) is 0 Å². The average molecular weight is 490 g/mol. The molecule has 0 bridgehead atoms.